The molecule has 2 rings (SSSR count). The van der Waals surface area contributed by atoms with Gasteiger partial charge in [0.15, 0.2) is 5.76 Å². The van der Waals surface area contributed by atoms with Crippen LogP contribution in [0.5, 0.6) is 5.75 Å². The predicted molar refractivity (Wildman–Crippen MR) is 78.6 cm³/mol. The number of methoxy groups -OCH3 is 1. The molecule has 0 saturated heterocycles. The van der Waals surface area contributed by atoms with E-state index in [1.54, 1.807) is 19.4 Å². The van der Waals surface area contributed by atoms with Gasteiger partial charge in [0.05, 0.1) is 12.8 Å². The number of hydrogen-bond acceptors (Lipinski definition) is 5. The van der Waals surface area contributed by atoms with Crippen LogP contribution >= 0.6 is 15.9 Å². The minimum Gasteiger partial charge on any atom is -0.485 e. The van der Waals surface area contributed by atoms with Gasteiger partial charge in [0.1, 0.15) is 12.4 Å². The zero-order chi connectivity index (χ0) is 14.2. The van der Waals surface area contributed by atoms with Gasteiger partial charge in [0.25, 0.3) is 0 Å². The van der Waals surface area contributed by atoms with Gasteiger partial charge in [0, 0.05) is 36.3 Å². The molecule has 0 amide bonds. The molecule has 6 heteroatoms. The molecule has 0 saturated carbocycles. The Hall–Kier alpha value is -1.37. The van der Waals surface area contributed by atoms with E-state index in [2.05, 4.69) is 26.4 Å². The van der Waals surface area contributed by atoms with Crippen molar-refractivity contribution >= 4 is 15.9 Å². The van der Waals surface area contributed by atoms with E-state index < -0.39 is 0 Å². The third kappa shape index (κ3) is 4.63. The summed E-state index contributed by atoms with van der Waals surface area (Å²) in [6, 6.07) is 7.72. The van der Waals surface area contributed by atoms with E-state index in [1.807, 2.05) is 18.2 Å². The molecule has 0 bridgehead atoms. The Morgan fingerprint density at radius 1 is 1.35 bits per heavy atom. The zero-order valence-electron chi connectivity index (χ0n) is 11.3. The summed E-state index contributed by atoms with van der Waals surface area (Å²) in [6.45, 7) is 2.56. The molecule has 20 heavy (non-hydrogen) atoms. The van der Waals surface area contributed by atoms with E-state index in [0.29, 0.717) is 25.5 Å². The fraction of sp³-hybridized carbons (Fsp3) is 0.357. The van der Waals surface area contributed by atoms with Crippen LogP contribution in [0, 0.1) is 0 Å². The highest BCUT2D eigenvalue weighted by Gasteiger charge is 2.06. The van der Waals surface area contributed by atoms with Crippen LogP contribution in [-0.4, -0.2) is 25.4 Å². The van der Waals surface area contributed by atoms with E-state index in [1.165, 1.54) is 0 Å². The van der Waals surface area contributed by atoms with Crippen molar-refractivity contribution in [3.63, 3.8) is 0 Å². The minimum atomic E-state index is 0.368. The first-order chi connectivity index (χ1) is 9.79. The van der Waals surface area contributed by atoms with Crippen LogP contribution < -0.4 is 10.1 Å². The Morgan fingerprint density at radius 3 is 3.00 bits per heavy atom. The maximum absolute atomic E-state index is 5.77. The van der Waals surface area contributed by atoms with Crippen LogP contribution in [0.1, 0.15) is 11.3 Å². The first-order valence-electron chi connectivity index (χ1n) is 6.30. The van der Waals surface area contributed by atoms with Gasteiger partial charge in [-0.15, -0.1) is 0 Å². The number of nitrogens with one attached hydrogen (secondary N) is 1. The summed E-state index contributed by atoms with van der Waals surface area (Å²) in [5, 5.41) is 6.95. The summed E-state index contributed by atoms with van der Waals surface area (Å²) in [5.41, 5.74) is 1.08. The second-order valence-electron chi connectivity index (χ2n) is 4.19. The molecular formula is C14H17BrN2O3. The monoisotopic (exact) mass is 340 g/mol. The molecule has 0 fully saturated rings. The standard InChI is InChI=1S/C14H17BrN2O3/c1-18-7-6-16-9-11-8-12(15)2-3-14(11)19-10-13-4-5-17-20-13/h2-5,8,16H,6-7,9-10H2,1H3. The van der Waals surface area contributed by atoms with Gasteiger partial charge in [-0.1, -0.05) is 21.1 Å². The SMILES string of the molecule is COCCNCc1cc(Br)ccc1OCc1ccno1. The predicted octanol–water partition coefficient (Wildman–Crippen LogP) is 2.75. The van der Waals surface area contributed by atoms with Gasteiger partial charge in [-0.3, -0.25) is 0 Å². The smallest absolute Gasteiger partial charge is 0.174 e. The highest BCUT2D eigenvalue weighted by atomic mass is 79.9. The lowest BCUT2D eigenvalue weighted by Gasteiger charge is -2.12. The average Bonchev–Trinajstić information content (AvgIpc) is 2.96. The van der Waals surface area contributed by atoms with Crippen LogP contribution in [0.25, 0.3) is 0 Å². The topological polar surface area (TPSA) is 56.5 Å². The molecular weight excluding hydrogens is 324 g/mol. The molecule has 1 heterocycles. The molecule has 0 aliphatic rings. The fourth-order valence-electron chi connectivity index (χ4n) is 1.69. The van der Waals surface area contributed by atoms with Crippen molar-refractivity contribution in [3.8, 4) is 5.75 Å². The molecule has 0 spiro atoms. The van der Waals surface area contributed by atoms with Gasteiger partial charge in [-0.05, 0) is 18.2 Å². The van der Waals surface area contributed by atoms with Gasteiger partial charge in [-0.2, -0.15) is 0 Å². The van der Waals surface area contributed by atoms with Crippen molar-refractivity contribution in [2.75, 3.05) is 20.3 Å². The molecule has 1 aromatic heterocycles. The van der Waals surface area contributed by atoms with E-state index in [9.17, 15) is 0 Å². The molecule has 0 aliphatic heterocycles. The summed E-state index contributed by atoms with van der Waals surface area (Å²) >= 11 is 3.47. The number of aromatic nitrogens is 1. The lowest BCUT2D eigenvalue weighted by molar-refractivity contribution is 0.198. The van der Waals surface area contributed by atoms with Crippen molar-refractivity contribution in [1.29, 1.82) is 0 Å². The lowest BCUT2D eigenvalue weighted by atomic mass is 10.2. The van der Waals surface area contributed by atoms with Gasteiger partial charge >= 0.3 is 0 Å². The summed E-state index contributed by atoms with van der Waals surface area (Å²) in [7, 11) is 1.69. The number of rotatable bonds is 8. The first-order valence-corrected chi connectivity index (χ1v) is 7.09. The van der Waals surface area contributed by atoms with Crippen molar-refractivity contribution in [2.45, 2.75) is 13.2 Å². The molecule has 1 N–H and O–H groups in total. The Labute approximate surface area is 126 Å². The van der Waals surface area contributed by atoms with Crippen LogP contribution in [-0.2, 0) is 17.9 Å². The fourth-order valence-corrected chi connectivity index (χ4v) is 2.10. The normalized spacial score (nSPS) is 10.7. The van der Waals surface area contributed by atoms with Crippen molar-refractivity contribution in [3.05, 3.63) is 46.3 Å². The summed E-state index contributed by atoms with van der Waals surface area (Å²) in [4.78, 5) is 0. The summed E-state index contributed by atoms with van der Waals surface area (Å²) in [5.74, 6) is 1.53. The molecule has 108 valence electrons. The molecule has 0 atom stereocenters. The number of halogens is 1. The van der Waals surface area contributed by atoms with Crippen molar-refractivity contribution < 1.29 is 14.0 Å². The Balaban J connectivity index is 1.95. The third-order valence-electron chi connectivity index (χ3n) is 2.68. The molecule has 5 nitrogen and oxygen atoms in total. The molecule has 1 aromatic carbocycles. The van der Waals surface area contributed by atoms with Gasteiger partial charge < -0.3 is 19.3 Å². The van der Waals surface area contributed by atoms with Crippen LogP contribution in [0.2, 0.25) is 0 Å². The number of ether oxygens (including phenoxy) is 2. The maximum Gasteiger partial charge on any atom is 0.174 e. The highest BCUT2D eigenvalue weighted by molar-refractivity contribution is 9.10. The highest BCUT2D eigenvalue weighted by Crippen LogP contribution is 2.24. The molecule has 0 aliphatic carbocycles. The second-order valence-corrected chi connectivity index (χ2v) is 5.10. The van der Waals surface area contributed by atoms with E-state index in [-0.39, 0.29) is 0 Å². The maximum atomic E-state index is 5.77. The van der Waals surface area contributed by atoms with E-state index in [0.717, 1.165) is 22.3 Å². The summed E-state index contributed by atoms with van der Waals surface area (Å²) in [6.07, 6.45) is 1.60. The second kappa shape index (κ2) is 8.04. The third-order valence-corrected chi connectivity index (χ3v) is 3.18. The molecule has 0 radical (unpaired) electrons. The Bertz CT molecular complexity index is 517. The first kappa shape index (κ1) is 15.0. The van der Waals surface area contributed by atoms with Gasteiger partial charge in [0.2, 0.25) is 0 Å². The molecule has 2 aromatic rings. The average molecular weight is 341 g/mol. The van der Waals surface area contributed by atoms with E-state index >= 15 is 0 Å². The molecule has 0 unspecified atom stereocenters. The van der Waals surface area contributed by atoms with Crippen LogP contribution in [0.4, 0.5) is 0 Å². The van der Waals surface area contributed by atoms with Crippen LogP contribution in [0.15, 0.2) is 39.5 Å². The quantitative estimate of drug-likeness (QED) is 0.749. The number of benzene rings is 1. The Kier molecular flexibility index (Phi) is 6.04. The van der Waals surface area contributed by atoms with E-state index in [4.69, 9.17) is 14.0 Å². The van der Waals surface area contributed by atoms with Crippen molar-refractivity contribution in [2.24, 2.45) is 0 Å². The minimum absolute atomic E-state index is 0.368. The number of nitrogens with zero attached hydrogens (tertiary/aromatic N) is 1. The van der Waals surface area contributed by atoms with Gasteiger partial charge in [-0.25, -0.2) is 0 Å². The zero-order valence-corrected chi connectivity index (χ0v) is 12.9. The number of hydrogen-bond donors (Lipinski definition) is 1. The largest absolute Gasteiger partial charge is 0.485 e. The summed E-state index contributed by atoms with van der Waals surface area (Å²) < 4.78 is 16.8. The van der Waals surface area contributed by atoms with Crippen molar-refractivity contribution in [1.82, 2.24) is 10.5 Å². The Morgan fingerprint density at radius 2 is 2.25 bits per heavy atom. The lowest BCUT2D eigenvalue weighted by Crippen LogP contribution is -2.19. The van der Waals surface area contributed by atoms with Crippen LogP contribution in [0.3, 0.4) is 0 Å².